The van der Waals surface area contributed by atoms with E-state index in [1.54, 1.807) is 13.2 Å². The molecule has 0 amide bonds. The number of anilines is 1. The molecular formula is C11H18ClN3O2. The Morgan fingerprint density at radius 2 is 2.29 bits per heavy atom. The fourth-order valence-electron chi connectivity index (χ4n) is 1.36. The SMILES string of the molecule is CCc1nc(Cl)cc(NCCC(O)COC)n1. The van der Waals surface area contributed by atoms with Gasteiger partial charge in [-0.25, -0.2) is 9.97 Å². The van der Waals surface area contributed by atoms with Gasteiger partial charge in [0.15, 0.2) is 0 Å². The van der Waals surface area contributed by atoms with Crippen LogP contribution in [0.3, 0.4) is 0 Å². The van der Waals surface area contributed by atoms with Crippen LogP contribution >= 0.6 is 11.6 Å². The fraction of sp³-hybridized carbons (Fsp3) is 0.636. The van der Waals surface area contributed by atoms with Crippen molar-refractivity contribution in [3.8, 4) is 0 Å². The summed E-state index contributed by atoms with van der Waals surface area (Å²) in [5.74, 6) is 1.39. The summed E-state index contributed by atoms with van der Waals surface area (Å²) in [5.41, 5.74) is 0. The number of hydrogen-bond acceptors (Lipinski definition) is 5. The molecule has 1 heterocycles. The first kappa shape index (κ1) is 14.2. The van der Waals surface area contributed by atoms with Crippen LogP contribution < -0.4 is 5.32 Å². The largest absolute Gasteiger partial charge is 0.391 e. The summed E-state index contributed by atoms with van der Waals surface area (Å²) in [6.45, 7) is 2.92. The molecule has 0 saturated carbocycles. The molecule has 0 saturated heterocycles. The highest BCUT2D eigenvalue weighted by atomic mass is 35.5. The van der Waals surface area contributed by atoms with E-state index < -0.39 is 6.10 Å². The number of hydrogen-bond donors (Lipinski definition) is 2. The third-order valence-electron chi connectivity index (χ3n) is 2.20. The normalized spacial score (nSPS) is 12.5. The molecule has 0 aliphatic heterocycles. The molecule has 0 fully saturated rings. The fourth-order valence-corrected chi connectivity index (χ4v) is 1.56. The molecule has 1 atom stereocenters. The van der Waals surface area contributed by atoms with E-state index >= 15 is 0 Å². The van der Waals surface area contributed by atoms with Crippen molar-refractivity contribution in [3.05, 3.63) is 17.0 Å². The Labute approximate surface area is 106 Å². The van der Waals surface area contributed by atoms with Crippen molar-refractivity contribution in [1.29, 1.82) is 0 Å². The van der Waals surface area contributed by atoms with Gasteiger partial charge in [-0.1, -0.05) is 18.5 Å². The van der Waals surface area contributed by atoms with Gasteiger partial charge in [0, 0.05) is 26.1 Å². The third kappa shape index (κ3) is 5.30. The van der Waals surface area contributed by atoms with Gasteiger partial charge in [-0.3, -0.25) is 0 Å². The van der Waals surface area contributed by atoms with Gasteiger partial charge in [0.1, 0.15) is 16.8 Å². The zero-order chi connectivity index (χ0) is 12.7. The second-order valence-electron chi connectivity index (χ2n) is 3.67. The molecule has 1 aromatic rings. The Bertz CT molecular complexity index is 349. The van der Waals surface area contributed by atoms with E-state index in [2.05, 4.69) is 15.3 Å². The van der Waals surface area contributed by atoms with Crippen LogP contribution in [0.4, 0.5) is 5.82 Å². The van der Waals surface area contributed by atoms with E-state index in [1.165, 1.54) is 0 Å². The zero-order valence-electron chi connectivity index (χ0n) is 10.1. The van der Waals surface area contributed by atoms with Crippen LogP contribution in [0.2, 0.25) is 5.15 Å². The molecular weight excluding hydrogens is 242 g/mol. The number of halogens is 1. The molecule has 0 aliphatic rings. The Morgan fingerprint density at radius 1 is 1.53 bits per heavy atom. The summed E-state index contributed by atoms with van der Waals surface area (Å²) < 4.78 is 4.84. The van der Waals surface area contributed by atoms with E-state index in [9.17, 15) is 5.11 Å². The molecule has 1 aromatic heterocycles. The number of methoxy groups -OCH3 is 1. The number of rotatable bonds is 7. The lowest BCUT2D eigenvalue weighted by molar-refractivity contribution is 0.0615. The molecule has 0 radical (unpaired) electrons. The molecule has 0 aromatic carbocycles. The first-order valence-corrected chi connectivity index (χ1v) is 5.97. The van der Waals surface area contributed by atoms with Gasteiger partial charge in [0.2, 0.25) is 0 Å². The summed E-state index contributed by atoms with van der Waals surface area (Å²) >= 11 is 5.86. The maximum absolute atomic E-state index is 9.46. The number of aryl methyl sites for hydroxylation is 1. The van der Waals surface area contributed by atoms with E-state index in [4.69, 9.17) is 16.3 Å². The molecule has 1 unspecified atom stereocenters. The Kier molecular flexibility index (Phi) is 6.18. The van der Waals surface area contributed by atoms with E-state index in [-0.39, 0.29) is 0 Å². The molecule has 1 rings (SSSR count). The van der Waals surface area contributed by atoms with Crippen molar-refractivity contribution in [2.24, 2.45) is 0 Å². The van der Waals surface area contributed by atoms with Crippen LogP contribution in [0.5, 0.6) is 0 Å². The van der Waals surface area contributed by atoms with Crippen molar-refractivity contribution in [2.45, 2.75) is 25.9 Å². The highest BCUT2D eigenvalue weighted by molar-refractivity contribution is 6.29. The Balaban J connectivity index is 2.43. The molecule has 17 heavy (non-hydrogen) atoms. The van der Waals surface area contributed by atoms with Crippen LogP contribution in [0.25, 0.3) is 0 Å². The summed E-state index contributed by atoms with van der Waals surface area (Å²) in [6.07, 6.45) is 0.869. The van der Waals surface area contributed by atoms with Crippen molar-refractivity contribution in [3.63, 3.8) is 0 Å². The standard InChI is InChI=1S/C11H18ClN3O2/c1-3-10-14-9(12)6-11(15-10)13-5-4-8(16)7-17-2/h6,8,16H,3-5,7H2,1-2H3,(H,13,14,15). The van der Waals surface area contributed by atoms with Crippen LogP contribution in [-0.4, -0.2) is 41.4 Å². The topological polar surface area (TPSA) is 67.3 Å². The van der Waals surface area contributed by atoms with Crippen molar-refractivity contribution in [2.75, 3.05) is 25.6 Å². The third-order valence-corrected chi connectivity index (χ3v) is 2.39. The monoisotopic (exact) mass is 259 g/mol. The Hall–Kier alpha value is -0.910. The summed E-state index contributed by atoms with van der Waals surface area (Å²) in [5, 5.41) is 13.0. The summed E-state index contributed by atoms with van der Waals surface area (Å²) in [4.78, 5) is 8.35. The second kappa shape index (κ2) is 7.42. The first-order valence-electron chi connectivity index (χ1n) is 5.60. The first-order chi connectivity index (χ1) is 8.15. The highest BCUT2D eigenvalue weighted by Gasteiger charge is 2.04. The van der Waals surface area contributed by atoms with Gasteiger partial charge in [0.05, 0.1) is 12.7 Å². The minimum Gasteiger partial charge on any atom is -0.391 e. The number of aromatic nitrogens is 2. The average molecular weight is 260 g/mol. The van der Waals surface area contributed by atoms with Gasteiger partial charge in [0.25, 0.3) is 0 Å². The van der Waals surface area contributed by atoms with Gasteiger partial charge in [-0.15, -0.1) is 0 Å². The van der Waals surface area contributed by atoms with Gasteiger partial charge in [-0.05, 0) is 6.42 Å². The number of nitrogens with one attached hydrogen (secondary N) is 1. The predicted octanol–water partition coefficient (Wildman–Crippen LogP) is 1.50. The molecule has 0 aliphatic carbocycles. The van der Waals surface area contributed by atoms with Crippen molar-refractivity contribution in [1.82, 2.24) is 9.97 Å². The lowest BCUT2D eigenvalue weighted by Crippen LogP contribution is -2.18. The zero-order valence-corrected chi connectivity index (χ0v) is 10.9. The lowest BCUT2D eigenvalue weighted by Gasteiger charge is -2.11. The minimum atomic E-state index is -0.463. The number of nitrogens with zero attached hydrogens (tertiary/aromatic N) is 2. The van der Waals surface area contributed by atoms with Gasteiger partial charge >= 0.3 is 0 Å². The lowest BCUT2D eigenvalue weighted by atomic mass is 10.2. The van der Waals surface area contributed by atoms with Gasteiger partial charge in [-0.2, -0.15) is 0 Å². The van der Waals surface area contributed by atoms with Crippen molar-refractivity contribution < 1.29 is 9.84 Å². The molecule has 6 heteroatoms. The van der Waals surface area contributed by atoms with Crippen LogP contribution in [0.1, 0.15) is 19.2 Å². The molecule has 0 bridgehead atoms. The van der Waals surface area contributed by atoms with Crippen LogP contribution in [0.15, 0.2) is 6.07 Å². The number of ether oxygens (including phenoxy) is 1. The summed E-state index contributed by atoms with van der Waals surface area (Å²) in [7, 11) is 1.56. The quantitative estimate of drug-likeness (QED) is 0.727. The highest BCUT2D eigenvalue weighted by Crippen LogP contribution is 2.11. The summed E-state index contributed by atoms with van der Waals surface area (Å²) in [6, 6.07) is 1.67. The second-order valence-corrected chi connectivity index (χ2v) is 4.06. The molecule has 5 nitrogen and oxygen atoms in total. The van der Waals surface area contributed by atoms with Gasteiger partial charge < -0.3 is 15.2 Å². The van der Waals surface area contributed by atoms with Crippen molar-refractivity contribution >= 4 is 17.4 Å². The van der Waals surface area contributed by atoms with E-state index in [1.807, 2.05) is 6.92 Å². The molecule has 2 N–H and O–H groups in total. The predicted molar refractivity (Wildman–Crippen MR) is 67.4 cm³/mol. The number of aliphatic hydroxyl groups is 1. The molecule has 0 spiro atoms. The number of aliphatic hydroxyl groups excluding tert-OH is 1. The van der Waals surface area contributed by atoms with Crippen LogP contribution in [0, 0.1) is 0 Å². The van der Waals surface area contributed by atoms with E-state index in [0.717, 1.165) is 6.42 Å². The minimum absolute atomic E-state index is 0.340. The maximum Gasteiger partial charge on any atom is 0.134 e. The van der Waals surface area contributed by atoms with E-state index in [0.29, 0.717) is 36.4 Å². The average Bonchev–Trinajstić information content (AvgIpc) is 2.28. The smallest absolute Gasteiger partial charge is 0.134 e. The maximum atomic E-state index is 9.46. The van der Waals surface area contributed by atoms with Crippen LogP contribution in [-0.2, 0) is 11.2 Å². The Morgan fingerprint density at radius 3 is 2.94 bits per heavy atom. The molecule has 96 valence electrons.